The van der Waals surface area contributed by atoms with Crippen LogP contribution in [-0.4, -0.2) is 27.6 Å². The zero-order valence-corrected chi connectivity index (χ0v) is 14.2. The third-order valence-corrected chi connectivity index (χ3v) is 4.06. The molecule has 0 unspecified atom stereocenters. The highest BCUT2D eigenvalue weighted by atomic mass is 16.1. The molecule has 2 N–H and O–H groups in total. The molecular formula is C20H17N5O. The van der Waals surface area contributed by atoms with E-state index in [4.69, 9.17) is 0 Å². The third kappa shape index (κ3) is 3.00. The summed E-state index contributed by atoms with van der Waals surface area (Å²) in [5.41, 5.74) is 4.16. The summed E-state index contributed by atoms with van der Waals surface area (Å²) in [6.45, 7) is 0. The number of aromatic nitrogens is 3. The summed E-state index contributed by atoms with van der Waals surface area (Å²) in [4.78, 5) is 16.2. The molecule has 2 aromatic heterocycles. The van der Waals surface area contributed by atoms with Crippen LogP contribution in [0.25, 0.3) is 16.9 Å². The molecule has 4 rings (SSSR count). The normalized spacial score (nSPS) is 10.7. The monoisotopic (exact) mass is 343 g/mol. The number of benzene rings is 2. The quantitative estimate of drug-likeness (QED) is 0.595. The first-order valence-corrected chi connectivity index (χ1v) is 8.25. The summed E-state index contributed by atoms with van der Waals surface area (Å²) in [5.74, 6) is 0.426. The van der Waals surface area contributed by atoms with Crippen LogP contribution < -0.4 is 10.6 Å². The number of hydrogen-bond donors (Lipinski definition) is 2. The van der Waals surface area contributed by atoms with Crippen LogP contribution in [-0.2, 0) is 0 Å². The van der Waals surface area contributed by atoms with Gasteiger partial charge in [0.1, 0.15) is 0 Å². The number of hydrogen-bond acceptors (Lipinski definition) is 4. The van der Waals surface area contributed by atoms with E-state index in [1.807, 2.05) is 60.7 Å². The largest absolute Gasteiger partial charge is 0.355 e. The van der Waals surface area contributed by atoms with Gasteiger partial charge in [0.25, 0.3) is 5.91 Å². The maximum absolute atomic E-state index is 11.7. The lowest BCUT2D eigenvalue weighted by molar-refractivity contribution is 0.0963. The van der Waals surface area contributed by atoms with Crippen molar-refractivity contribution in [2.75, 3.05) is 12.4 Å². The van der Waals surface area contributed by atoms with E-state index in [2.05, 4.69) is 20.7 Å². The zero-order chi connectivity index (χ0) is 17.9. The van der Waals surface area contributed by atoms with Crippen molar-refractivity contribution in [3.8, 4) is 11.3 Å². The number of carbonyl (C=O) groups is 1. The molecule has 2 heterocycles. The average Bonchev–Trinajstić information content (AvgIpc) is 3.10. The number of pyridine rings is 1. The number of para-hydroxylation sites is 1. The molecule has 0 fully saturated rings. The Morgan fingerprint density at radius 2 is 1.69 bits per heavy atom. The lowest BCUT2D eigenvalue weighted by Crippen LogP contribution is -2.17. The second kappa shape index (κ2) is 6.68. The first kappa shape index (κ1) is 15.8. The predicted octanol–water partition coefficient (Wildman–Crippen LogP) is 3.50. The van der Waals surface area contributed by atoms with Gasteiger partial charge in [0.15, 0.2) is 5.65 Å². The minimum absolute atomic E-state index is 0.107. The van der Waals surface area contributed by atoms with Gasteiger partial charge in [-0.05, 0) is 36.4 Å². The Hall–Kier alpha value is -3.67. The summed E-state index contributed by atoms with van der Waals surface area (Å²) in [6, 6.07) is 23.0. The van der Waals surface area contributed by atoms with Crippen LogP contribution in [0.3, 0.4) is 0 Å². The summed E-state index contributed by atoms with van der Waals surface area (Å²) in [7, 11) is 1.62. The van der Waals surface area contributed by atoms with Crippen LogP contribution in [0.2, 0.25) is 0 Å². The zero-order valence-electron chi connectivity index (χ0n) is 14.2. The molecular weight excluding hydrogens is 326 g/mol. The van der Waals surface area contributed by atoms with Gasteiger partial charge >= 0.3 is 0 Å². The van der Waals surface area contributed by atoms with E-state index >= 15 is 0 Å². The third-order valence-electron chi connectivity index (χ3n) is 4.06. The molecule has 0 spiro atoms. The number of anilines is 2. The van der Waals surface area contributed by atoms with Gasteiger partial charge in [-0.1, -0.05) is 36.4 Å². The smallest absolute Gasteiger partial charge is 0.251 e. The van der Waals surface area contributed by atoms with E-state index < -0.39 is 0 Å². The number of nitrogens with one attached hydrogen (secondary N) is 2. The Balaban J connectivity index is 1.70. The van der Waals surface area contributed by atoms with E-state index in [1.165, 1.54) is 0 Å². The number of nitrogens with zero attached hydrogens (tertiary/aromatic N) is 3. The van der Waals surface area contributed by atoms with Gasteiger partial charge in [0, 0.05) is 23.9 Å². The first-order chi connectivity index (χ1) is 12.7. The molecule has 2 aromatic carbocycles. The second-order valence-corrected chi connectivity index (χ2v) is 5.76. The van der Waals surface area contributed by atoms with E-state index in [-0.39, 0.29) is 5.91 Å². The maximum atomic E-state index is 11.7. The van der Waals surface area contributed by atoms with Crippen LogP contribution in [0, 0.1) is 0 Å². The number of fused-ring (bicyclic) bond motifs is 1. The van der Waals surface area contributed by atoms with Gasteiger partial charge in [0.2, 0.25) is 5.95 Å². The van der Waals surface area contributed by atoms with Crippen LogP contribution in [0.5, 0.6) is 0 Å². The standard InChI is InChI=1S/C20H17N5O/c1-21-19(26)15-12-10-14(11-13-15)17-8-5-9-18-23-20(24-25(17)18)22-16-6-3-2-4-7-16/h2-13H,1H3,(H,21,26)(H,22,24). The Kier molecular flexibility index (Phi) is 4.07. The Morgan fingerprint density at radius 1 is 0.923 bits per heavy atom. The van der Waals surface area contributed by atoms with Crippen LogP contribution >= 0.6 is 0 Å². The molecule has 26 heavy (non-hydrogen) atoms. The Labute approximate surface area is 150 Å². The summed E-state index contributed by atoms with van der Waals surface area (Å²) in [6.07, 6.45) is 0. The van der Waals surface area contributed by atoms with Crippen molar-refractivity contribution in [3.05, 3.63) is 78.4 Å². The van der Waals surface area contributed by atoms with Gasteiger partial charge < -0.3 is 10.6 Å². The second-order valence-electron chi connectivity index (χ2n) is 5.76. The first-order valence-electron chi connectivity index (χ1n) is 8.25. The fraction of sp³-hybridized carbons (Fsp3) is 0.0500. The predicted molar refractivity (Wildman–Crippen MR) is 102 cm³/mol. The van der Waals surface area contributed by atoms with Crippen molar-refractivity contribution in [2.24, 2.45) is 0 Å². The minimum atomic E-state index is -0.107. The molecule has 6 heteroatoms. The van der Waals surface area contributed by atoms with Gasteiger partial charge in [-0.3, -0.25) is 4.79 Å². The van der Waals surface area contributed by atoms with Crippen molar-refractivity contribution in [1.82, 2.24) is 19.9 Å². The highest BCUT2D eigenvalue weighted by molar-refractivity contribution is 5.94. The molecule has 0 atom stereocenters. The van der Waals surface area contributed by atoms with Gasteiger partial charge in [0.05, 0.1) is 5.69 Å². The van der Waals surface area contributed by atoms with Gasteiger partial charge in [-0.15, -0.1) is 5.10 Å². The molecule has 0 bridgehead atoms. The van der Waals surface area contributed by atoms with Gasteiger partial charge in [-0.2, -0.15) is 4.98 Å². The molecule has 0 aliphatic rings. The fourth-order valence-electron chi connectivity index (χ4n) is 2.76. The highest BCUT2D eigenvalue weighted by Crippen LogP contribution is 2.22. The van der Waals surface area contributed by atoms with Gasteiger partial charge in [-0.25, -0.2) is 4.52 Å². The van der Waals surface area contributed by atoms with Crippen LogP contribution in [0.1, 0.15) is 10.4 Å². The number of amides is 1. The average molecular weight is 343 g/mol. The summed E-state index contributed by atoms with van der Waals surface area (Å²) in [5, 5.41) is 10.4. The molecule has 0 saturated heterocycles. The Bertz CT molecular complexity index is 1050. The SMILES string of the molecule is CNC(=O)c1ccc(-c2cccc3nc(Nc4ccccc4)nn23)cc1. The summed E-state index contributed by atoms with van der Waals surface area (Å²) >= 11 is 0. The topological polar surface area (TPSA) is 71.3 Å². The molecule has 4 aromatic rings. The van der Waals surface area contributed by atoms with Crippen molar-refractivity contribution in [3.63, 3.8) is 0 Å². The highest BCUT2D eigenvalue weighted by Gasteiger charge is 2.10. The molecule has 0 radical (unpaired) electrons. The molecule has 0 saturated carbocycles. The molecule has 128 valence electrons. The van der Waals surface area contributed by atoms with Crippen LogP contribution in [0.15, 0.2) is 72.8 Å². The Morgan fingerprint density at radius 3 is 2.42 bits per heavy atom. The molecule has 1 amide bonds. The fourth-order valence-corrected chi connectivity index (χ4v) is 2.76. The van der Waals surface area contributed by atoms with Crippen LogP contribution in [0.4, 0.5) is 11.6 Å². The van der Waals surface area contributed by atoms with Crippen molar-refractivity contribution in [1.29, 1.82) is 0 Å². The van der Waals surface area contributed by atoms with E-state index in [9.17, 15) is 4.79 Å². The van der Waals surface area contributed by atoms with Crippen molar-refractivity contribution in [2.45, 2.75) is 0 Å². The number of carbonyl (C=O) groups excluding carboxylic acids is 1. The van der Waals surface area contributed by atoms with Crippen molar-refractivity contribution >= 4 is 23.2 Å². The molecule has 6 nitrogen and oxygen atoms in total. The summed E-state index contributed by atoms with van der Waals surface area (Å²) < 4.78 is 1.79. The molecule has 0 aliphatic heterocycles. The lowest BCUT2D eigenvalue weighted by Gasteiger charge is -2.05. The van der Waals surface area contributed by atoms with E-state index in [1.54, 1.807) is 23.7 Å². The minimum Gasteiger partial charge on any atom is -0.355 e. The van der Waals surface area contributed by atoms with Crippen molar-refractivity contribution < 1.29 is 4.79 Å². The number of rotatable bonds is 4. The van der Waals surface area contributed by atoms with E-state index in [0.717, 1.165) is 22.6 Å². The van der Waals surface area contributed by atoms with E-state index in [0.29, 0.717) is 11.5 Å². The maximum Gasteiger partial charge on any atom is 0.251 e. The lowest BCUT2D eigenvalue weighted by atomic mass is 10.1. The molecule has 0 aliphatic carbocycles.